The molecule has 2 N–H and O–H groups in total. The largest absolute Gasteiger partial charge is 0.490 e. The molecule has 0 atom stereocenters. The summed E-state index contributed by atoms with van der Waals surface area (Å²) >= 11 is 0. The number of aliphatic hydroxyl groups excluding tert-OH is 1. The molecule has 0 saturated carbocycles. The van der Waals surface area contributed by atoms with Crippen LogP contribution in [0.2, 0.25) is 0 Å². The fraction of sp³-hybridized carbons (Fsp3) is 0.227. The minimum atomic E-state index is -0.447. The van der Waals surface area contributed by atoms with Gasteiger partial charge in [-0.2, -0.15) is 0 Å². The van der Waals surface area contributed by atoms with Crippen molar-refractivity contribution in [3.05, 3.63) is 87.6 Å². The first-order chi connectivity index (χ1) is 14.6. The van der Waals surface area contributed by atoms with Gasteiger partial charge in [0, 0.05) is 42.6 Å². The van der Waals surface area contributed by atoms with Gasteiger partial charge in [0.25, 0.3) is 5.69 Å². The Morgan fingerprint density at radius 2 is 1.97 bits per heavy atom. The molecule has 0 bridgehead atoms. The zero-order chi connectivity index (χ0) is 21.3. The van der Waals surface area contributed by atoms with Gasteiger partial charge in [-0.15, -0.1) is 0 Å². The van der Waals surface area contributed by atoms with Crippen LogP contribution in [0.4, 0.5) is 5.69 Å². The Morgan fingerprint density at radius 3 is 2.63 bits per heavy atom. The number of hydrogen-bond donors (Lipinski definition) is 2. The van der Waals surface area contributed by atoms with Crippen molar-refractivity contribution in [3.63, 3.8) is 0 Å². The summed E-state index contributed by atoms with van der Waals surface area (Å²) in [6.45, 7) is 0.430. The molecule has 1 aliphatic heterocycles. The van der Waals surface area contributed by atoms with E-state index in [0.717, 1.165) is 5.56 Å². The number of esters is 1. The van der Waals surface area contributed by atoms with Crippen LogP contribution in [-0.4, -0.2) is 35.8 Å². The number of nitrogens with one attached hydrogen (secondary N) is 1. The lowest BCUT2D eigenvalue weighted by Crippen LogP contribution is -2.18. The number of nitro groups is 1. The zero-order valence-electron chi connectivity index (χ0n) is 16.2. The fourth-order valence-corrected chi connectivity index (χ4v) is 2.89. The minimum Gasteiger partial charge on any atom is -0.490 e. The van der Waals surface area contributed by atoms with Gasteiger partial charge in [-0.05, 0) is 24.1 Å². The van der Waals surface area contributed by atoms with Crippen LogP contribution in [-0.2, 0) is 16.0 Å². The summed E-state index contributed by atoms with van der Waals surface area (Å²) in [7, 11) is 0. The fourth-order valence-electron chi connectivity index (χ4n) is 2.89. The van der Waals surface area contributed by atoms with Crippen molar-refractivity contribution in [2.75, 3.05) is 19.8 Å². The zero-order valence-corrected chi connectivity index (χ0v) is 16.2. The number of carbonyl (C=O) groups excluding carboxylic acids is 1. The molecule has 0 fully saturated rings. The average Bonchev–Trinajstić information content (AvgIpc) is 2.78. The van der Waals surface area contributed by atoms with E-state index < -0.39 is 10.9 Å². The number of carbonyl (C=O) groups is 1. The number of aliphatic hydroxyl groups is 1. The summed E-state index contributed by atoms with van der Waals surface area (Å²) in [6, 6.07) is 13.6. The Labute approximate surface area is 173 Å². The van der Waals surface area contributed by atoms with Gasteiger partial charge in [0.2, 0.25) is 0 Å². The second-order valence-corrected chi connectivity index (χ2v) is 6.55. The summed E-state index contributed by atoms with van der Waals surface area (Å²) in [5.74, 6) is 0.217. The van der Waals surface area contributed by atoms with E-state index in [1.54, 1.807) is 36.5 Å². The molecule has 156 valence electrons. The highest BCUT2D eigenvalue weighted by molar-refractivity contribution is 5.90. The quantitative estimate of drug-likeness (QED) is 0.283. The molecule has 8 heteroatoms. The second kappa shape index (κ2) is 10.2. The topological polar surface area (TPSA) is 111 Å². The van der Waals surface area contributed by atoms with Crippen molar-refractivity contribution < 1.29 is 24.3 Å². The molecule has 8 nitrogen and oxygen atoms in total. The van der Waals surface area contributed by atoms with Gasteiger partial charge in [-0.1, -0.05) is 30.3 Å². The molecule has 1 heterocycles. The van der Waals surface area contributed by atoms with Crippen LogP contribution < -0.4 is 10.1 Å². The van der Waals surface area contributed by atoms with E-state index in [1.165, 1.54) is 12.1 Å². The second-order valence-electron chi connectivity index (χ2n) is 6.55. The molecular formula is C22H22N2O6. The number of benzene rings is 2. The highest BCUT2D eigenvalue weighted by atomic mass is 16.6. The van der Waals surface area contributed by atoms with Gasteiger partial charge in [0.05, 0.1) is 10.5 Å². The molecular weight excluding hydrogens is 388 g/mol. The van der Waals surface area contributed by atoms with E-state index in [2.05, 4.69) is 5.32 Å². The summed E-state index contributed by atoms with van der Waals surface area (Å²) in [4.78, 5) is 22.6. The third-order valence-electron chi connectivity index (χ3n) is 4.47. The third kappa shape index (κ3) is 5.68. The molecule has 0 radical (unpaired) electrons. The van der Waals surface area contributed by atoms with E-state index in [1.807, 2.05) is 12.1 Å². The number of hydrogen-bond acceptors (Lipinski definition) is 7. The summed E-state index contributed by atoms with van der Waals surface area (Å²) in [6.07, 6.45) is 4.30. The lowest BCUT2D eigenvalue weighted by Gasteiger charge is -2.15. The van der Waals surface area contributed by atoms with E-state index in [9.17, 15) is 14.9 Å². The molecule has 1 aliphatic rings. The van der Waals surface area contributed by atoms with Crippen molar-refractivity contribution in [1.82, 2.24) is 5.32 Å². The molecule has 2 aromatic carbocycles. The third-order valence-corrected chi connectivity index (χ3v) is 4.47. The Morgan fingerprint density at radius 1 is 1.17 bits per heavy atom. The molecule has 0 amide bonds. The van der Waals surface area contributed by atoms with Gasteiger partial charge in [-0.3, -0.25) is 10.1 Å². The van der Waals surface area contributed by atoms with Crippen molar-refractivity contribution >= 4 is 17.4 Å². The number of allylic oxidation sites excluding steroid dienone is 1. The standard InChI is InChI=1S/C22H22N2O6/c25-11-10-16-4-7-20(8-5-16)29-12-13-30-22(26)18-6-9-21(23-15-18)17-2-1-3-19(14-17)24(27)28/h1-5,7-9,14-15,23,25H,6,10-13H2. The molecule has 2 aromatic rings. The Hall–Kier alpha value is -3.65. The number of ether oxygens (including phenoxy) is 2. The maximum atomic E-state index is 12.2. The molecule has 30 heavy (non-hydrogen) atoms. The van der Waals surface area contributed by atoms with E-state index in [4.69, 9.17) is 14.6 Å². The Balaban J connectivity index is 1.43. The molecule has 0 unspecified atom stereocenters. The van der Waals surface area contributed by atoms with Crippen molar-refractivity contribution in [3.8, 4) is 5.75 Å². The van der Waals surface area contributed by atoms with Crippen molar-refractivity contribution in [2.45, 2.75) is 12.8 Å². The first kappa shape index (κ1) is 21.1. The normalized spacial score (nSPS) is 13.0. The maximum Gasteiger partial charge on any atom is 0.335 e. The van der Waals surface area contributed by atoms with Crippen LogP contribution in [0.15, 0.2) is 66.4 Å². The van der Waals surface area contributed by atoms with E-state index >= 15 is 0 Å². The van der Waals surface area contributed by atoms with Crippen LogP contribution in [0.25, 0.3) is 5.70 Å². The van der Waals surface area contributed by atoms with Crippen molar-refractivity contribution in [1.29, 1.82) is 0 Å². The van der Waals surface area contributed by atoms with Gasteiger partial charge >= 0.3 is 5.97 Å². The van der Waals surface area contributed by atoms with Gasteiger partial charge in [0.1, 0.15) is 19.0 Å². The molecule has 0 spiro atoms. The lowest BCUT2D eigenvalue weighted by atomic mass is 10.1. The van der Waals surface area contributed by atoms with E-state index in [0.29, 0.717) is 35.4 Å². The summed E-state index contributed by atoms with van der Waals surface area (Å²) < 4.78 is 10.8. The first-order valence-corrected chi connectivity index (χ1v) is 9.47. The summed E-state index contributed by atoms with van der Waals surface area (Å²) in [5.41, 5.74) is 2.85. The predicted octanol–water partition coefficient (Wildman–Crippen LogP) is 2.97. The number of dihydropyridines is 1. The Bertz CT molecular complexity index is 966. The average molecular weight is 410 g/mol. The number of rotatable bonds is 9. The van der Waals surface area contributed by atoms with Crippen molar-refractivity contribution in [2.24, 2.45) is 0 Å². The smallest absolute Gasteiger partial charge is 0.335 e. The Kier molecular flexibility index (Phi) is 7.18. The minimum absolute atomic E-state index is 0.00687. The van der Waals surface area contributed by atoms with Gasteiger partial charge < -0.3 is 19.9 Å². The maximum absolute atomic E-state index is 12.2. The molecule has 3 rings (SSSR count). The van der Waals surface area contributed by atoms with Crippen LogP contribution in [0, 0.1) is 10.1 Å². The van der Waals surface area contributed by atoms with Gasteiger partial charge in [0.15, 0.2) is 0 Å². The summed E-state index contributed by atoms with van der Waals surface area (Å²) in [5, 5.41) is 22.8. The highest BCUT2D eigenvalue weighted by Crippen LogP contribution is 2.22. The van der Waals surface area contributed by atoms with E-state index in [-0.39, 0.29) is 25.5 Å². The SMILES string of the molecule is O=C(OCCOc1ccc(CCO)cc1)C1=CNC(c2cccc([N+](=O)[O-])c2)=CC1. The van der Waals surface area contributed by atoms with Gasteiger partial charge in [-0.25, -0.2) is 4.79 Å². The monoisotopic (exact) mass is 410 g/mol. The molecule has 0 aromatic heterocycles. The molecule has 0 saturated heterocycles. The number of nitrogens with zero attached hydrogens (tertiary/aromatic N) is 1. The van der Waals surface area contributed by atoms with Crippen LogP contribution in [0.5, 0.6) is 5.75 Å². The number of nitro benzene ring substituents is 1. The van der Waals surface area contributed by atoms with Crippen LogP contribution in [0.3, 0.4) is 0 Å². The highest BCUT2D eigenvalue weighted by Gasteiger charge is 2.16. The van der Waals surface area contributed by atoms with Crippen LogP contribution >= 0.6 is 0 Å². The molecule has 0 aliphatic carbocycles. The lowest BCUT2D eigenvalue weighted by molar-refractivity contribution is -0.384. The first-order valence-electron chi connectivity index (χ1n) is 9.47. The number of non-ortho nitro benzene ring substituents is 1. The van der Waals surface area contributed by atoms with Crippen LogP contribution in [0.1, 0.15) is 17.5 Å². The predicted molar refractivity (Wildman–Crippen MR) is 111 cm³/mol.